The maximum atomic E-state index is 11.0. The van der Waals surface area contributed by atoms with Crippen molar-refractivity contribution in [2.45, 2.75) is 27.7 Å². The molecule has 0 spiro atoms. The van der Waals surface area contributed by atoms with Gasteiger partial charge in [-0.25, -0.2) is 0 Å². The highest BCUT2D eigenvalue weighted by Gasteiger charge is 2.17. The molecule has 8 nitrogen and oxygen atoms in total. The highest BCUT2D eigenvalue weighted by Crippen LogP contribution is 2.30. The molecule has 2 aromatic carbocycles. The first-order chi connectivity index (χ1) is 11.7. The van der Waals surface area contributed by atoms with Crippen molar-refractivity contribution in [3.8, 4) is 11.5 Å². The van der Waals surface area contributed by atoms with E-state index < -0.39 is 9.85 Å². The topological polar surface area (TPSA) is 105 Å². The predicted octanol–water partition coefficient (Wildman–Crippen LogP) is 3.73. The van der Waals surface area contributed by atoms with Gasteiger partial charge in [-0.3, -0.25) is 20.2 Å². The summed E-state index contributed by atoms with van der Waals surface area (Å²) in [7, 11) is 1.00. The van der Waals surface area contributed by atoms with Gasteiger partial charge in [-0.05, 0) is 51.0 Å². The molecule has 9 heteroatoms. The van der Waals surface area contributed by atoms with Crippen LogP contribution in [0.25, 0.3) is 0 Å². The molecule has 1 radical (unpaired) electrons. The molecule has 0 atom stereocenters. The molecule has 0 amide bonds. The number of nitro benzene ring substituents is 2. The van der Waals surface area contributed by atoms with Crippen LogP contribution in [0.15, 0.2) is 24.3 Å². The number of rotatable bonds is 6. The fraction of sp³-hybridized carbons (Fsp3) is 0.250. The third-order valence-corrected chi connectivity index (χ3v) is 3.73. The molecule has 0 heterocycles. The van der Waals surface area contributed by atoms with Gasteiger partial charge in [0.05, 0.1) is 22.0 Å². The summed E-state index contributed by atoms with van der Waals surface area (Å²) in [6.07, 6.45) is 0. The fourth-order valence-electron chi connectivity index (χ4n) is 2.42. The summed E-state index contributed by atoms with van der Waals surface area (Å²) in [6, 6.07) is 5.91. The lowest BCUT2D eigenvalue weighted by atomic mass is 10.1. The first kappa shape index (κ1) is 18.2. The quantitative estimate of drug-likeness (QED) is 0.450. The van der Waals surface area contributed by atoms with Crippen LogP contribution < -0.4 is 9.31 Å². The van der Waals surface area contributed by atoms with Crippen LogP contribution >= 0.6 is 0 Å². The first-order valence-corrected chi connectivity index (χ1v) is 7.37. The summed E-state index contributed by atoms with van der Waals surface area (Å²) in [6.45, 7) is 6.79. The summed E-state index contributed by atoms with van der Waals surface area (Å²) in [4.78, 5) is 21.0. The highest BCUT2D eigenvalue weighted by atomic mass is 16.6. The molecule has 2 rings (SSSR count). The van der Waals surface area contributed by atoms with Crippen molar-refractivity contribution in [3.05, 3.63) is 66.7 Å². The van der Waals surface area contributed by atoms with Gasteiger partial charge in [-0.15, -0.1) is 0 Å². The largest absolute Gasteiger partial charge is 0.658 e. The molecule has 0 bridgehead atoms. The molecule has 0 saturated carbocycles. The van der Waals surface area contributed by atoms with Crippen molar-refractivity contribution in [1.82, 2.24) is 0 Å². The molecule has 0 aromatic heterocycles. The molecule has 0 N–H and O–H groups in total. The van der Waals surface area contributed by atoms with Crippen molar-refractivity contribution in [1.29, 1.82) is 0 Å². The number of nitro groups is 2. The van der Waals surface area contributed by atoms with E-state index in [2.05, 4.69) is 0 Å². The molecule has 2 aromatic rings. The molecule has 0 fully saturated rings. The van der Waals surface area contributed by atoms with Crippen LogP contribution in [0.1, 0.15) is 22.3 Å². The van der Waals surface area contributed by atoms with Crippen LogP contribution in [0.3, 0.4) is 0 Å². The molecule has 0 saturated heterocycles. The minimum absolute atomic E-state index is 0.0591. The number of aryl methyl sites for hydroxylation is 4. The average molecular weight is 343 g/mol. The highest BCUT2D eigenvalue weighted by molar-refractivity contribution is 6.20. The number of nitrogens with zero attached hydrogens (tertiary/aromatic N) is 2. The third kappa shape index (κ3) is 4.06. The Bertz CT molecular complexity index is 784. The van der Waals surface area contributed by atoms with Crippen LogP contribution in [-0.4, -0.2) is 17.5 Å². The SMILES string of the molecule is Cc1cc(C)c([N+](=O)[O-])cc1O[B]Oc1cc([N+](=O)[O-])c(C)cc1C. The summed E-state index contributed by atoms with van der Waals surface area (Å²) in [5, 5.41) is 22.0. The van der Waals surface area contributed by atoms with E-state index in [0.717, 1.165) is 7.69 Å². The number of benzene rings is 2. The van der Waals surface area contributed by atoms with E-state index in [4.69, 9.17) is 9.31 Å². The Hall–Kier alpha value is -3.10. The Morgan fingerprint density at radius 1 is 0.720 bits per heavy atom. The molecule has 0 aliphatic heterocycles. The Morgan fingerprint density at radius 3 is 1.40 bits per heavy atom. The van der Waals surface area contributed by atoms with Gasteiger partial charge in [0.15, 0.2) is 0 Å². The molecule has 0 aliphatic rings. The van der Waals surface area contributed by atoms with E-state index in [-0.39, 0.29) is 22.9 Å². The van der Waals surface area contributed by atoms with E-state index in [1.807, 2.05) is 0 Å². The van der Waals surface area contributed by atoms with Crippen LogP contribution in [0.2, 0.25) is 0 Å². The van der Waals surface area contributed by atoms with Crippen molar-refractivity contribution < 1.29 is 19.2 Å². The normalized spacial score (nSPS) is 10.2. The van der Waals surface area contributed by atoms with Gasteiger partial charge in [0.2, 0.25) is 0 Å². The van der Waals surface area contributed by atoms with Gasteiger partial charge < -0.3 is 9.31 Å². The third-order valence-electron chi connectivity index (χ3n) is 3.73. The van der Waals surface area contributed by atoms with Gasteiger partial charge in [0.1, 0.15) is 11.5 Å². The zero-order chi connectivity index (χ0) is 18.7. The molecule has 0 aliphatic carbocycles. The van der Waals surface area contributed by atoms with Crippen LogP contribution in [0.4, 0.5) is 11.4 Å². The maximum Gasteiger partial charge on any atom is 0.658 e. The zero-order valence-electron chi connectivity index (χ0n) is 14.2. The van der Waals surface area contributed by atoms with Gasteiger partial charge in [0, 0.05) is 11.1 Å². The van der Waals surface area contributed by atoms with E-state index in [1.165, 1.54) is 12.1 Å². The summed E-state index contributed by atoms with van der Waals surface area (Å²) >= 11 is 0. The van der Waals surface area contributed by atoms with E-state index >= 15 is 0 Å². The summed E-state index contributed by atoms with van der Waals surface area (Å²) in [5.74, 6) is 0.549. The average Bonchev–Trinajstić information content (AvgIpc) is 2.50. The minimum Gasteiger partial charge on any atom is -0.526 e. The molecular formula is C16H16BN2O6. The monoisotopic (exact) mass is 343 g/mol. The smallest absolute Gasteiger partial charge is 0.526 e. The lowest BCUT2D eigenvalue weighted by molar-refractivity contribution is -0.385. The van der Waals surface area contributed by atoms with E-state index in [1.54, 1.807) is 39.8 Å². The van der Waals surface area contributed by atoms with Crippen LogP contribution in [0, 0.1) is 47.9 Å². The van der Waals surface area contributed by atoms with E-state index in [9.17, 15) is 20.2 Å². The lowest BCUT2D eigenvalue weighted by Crippen LogP contribution is -2.13. The Morgan fingerprint density at radius 2 is 1.08 bits per heavy atom. The standard InChI is InChI=1S/C16H16BN2O6/c1-9-5-11(3)15(7-13(9)18(20)21)24-17-25-16-8-14(19(22)23)10(2)6-12(16)4/h5-8H,1-4H3. The van der Waals surface area contributed by atoms with Gasteiger partial charge >= 0.3 is 7.69 Å². The van der Waals surface area contributed by atoms with E-state index in [0.29, 0.717) is 22.3 Å². The van der Waals surface area contributed by atoms with Crippen molar-refractivity contribution in [2.75, 3.05) is 0 Å². The predicted molar refractivity (Wildman–Crippen MR) is 92.2 cm³/mol. The Labute approximate surface area is 145 Å². The molecule has 129 valence electrons. The Kier molecular flexibility index (Phi) is 5.26. The van der Waals surface area contributed by atoms with Crippen molar-refractivity contribution in [3.63, 3.8) is 0 Å². The van der Waals surface area contributed by atoms with Gasteiger partial charge in [-0.1, -0.05) is 0 Å². The van der Waals surface area contributed by atoms with Crippen LogP contribution in [0.5, 0.6) is 11.5 Å². The van der Waals surface area contributed by atoms with Gasteiger partial charge in [0.25, 0.3) is 11.4 Å². The zero-order valence-corrected chi connectivity index (χ0v) is 14.2. The summed E-state index contributed by atoms with van der Waals surface area (Å²) < 4.78 is 10.7. The van der Waals surface area contributed by atoms with Crippen molar-refractivity contribution in [2.24, 2.45) is 0 Å². The lowest BCUT2D eigenvalue weighted by Gasteiger charge is -2.12. The number of hydrogen-bond acceptors (Lipinski definition) is 6. The first-order valence-electron chi connectivity index (χ1n) is 7.37. The van der Waals surface area contributed by atoms with Gasteiger partial charge in [-0.2, -0.15) is 0 Å². The summed E-state index contributed by atoms with van der Waals surface area (Å²) in [5.41, 5.74) is 2.35. The second kappa shape index (κ2) is 7.21. The number of hydrogen-bond donors (Lipinski definition) is 0. The maximum absolute atomic E-state index is 11.0. The second-order valence-electron chi connectivity index (χ2n) is 5.65. The molecule has 0 unspecified atom stereocenters. The Balaban J connectivity index is 2.16. The minimum atomic E-state index is -0.490. The molecular weight excluding hydrogens is 327 g/mol. The van der Waals surface area contributed by atoms with Crippen LogP contribution in [-0.2, 0) is 0 Å². The van der Waals surface area contributed by atoms with Crippen molar-refractivity contribution >= 4 is 19.1 Å². The second-order valence-corrected chi connectivity index (χ2v) is 5.65. The fourth-order valence-corrected chi connectivity index (χ4v) is 2.42. The molecule has 25 heavy (non-hydrogen) atoms.